The molecule has 4 nitrogen and oxygen atoms in total. The van der Waals surface area contributed by atoms with Crippen molar-refractivity contribution in [1.29, 1.82) is 0 Å². The lowest BCUT2D eigenvalue weighted by Gasteiger charge is -2.03. The molecule has 19 heavy (non-hydrogen) atoms. The lowest BCUT2D eigenvalue weighted by atomic mass is 10.1. The monoisotopic (exact) mass is 343 g/mol. The van der Waals surface area contributed by atoms with Gasteiger partial charge < -0.3 is 10.3 Å². The minimum Gasteiger partial charge on any atom is -0.339 e. The Bertz CT molecular complexity index is 559. The topological polar surface area (TPSA) is 64.9 Å². The molecule has 0 radical (unpaired) electrons. The Labute approximate surface area is 125 Å². The number of rotatable bonds is 5. The Balaban J connectivity index is 2.09. The second-order valence-corrected chi connectivity index (χ2v) is 5.78. The second-order valence-electron chi connectivity index (χ2n) is 4.52. The first-order valence-corrected chi connectivity index (χ1v) is 7.25. The second kappa shape index (κ2) is 6.50. The first-order chi connectivity index (χ1) is 9.10. The molecule has 0 fully saturated rings. The van der Waals surface area contributed by atoms with Crippen molar-refractivity contribution >= 4 is 27.5 Å². The Morgan fingerprint density at radius 3 is 2.95 bits per heavy atom. The summed E-state index contributed by atoms with van der Waals surface area (Å²) in [5.74, 6) is 1.68. The molecule has 0 aliphatic rings. The molecule has 1 unspecified atom stereocenters. The van der Waals surface area contributed by atoms with Crippen molar-refractivity contribution in [1.82, 2.24) is 10.1 Å². The summed E-state index contributed by atoms with van der Waals surface area (Å²) in [5.41, 5.74) is 6.45. The van der Waals surface area contributed by atoms with Crippen molar-refractivity contribution < 1.29 is 4.52 Å². The molecule has 0 bridgehead atoms. The molecule has 6 heteroatoms. The molecule has 0 saturated carbocycles. The van der Waals surface area contributed by atoms with Crippen molar-refractivity contribution in [3.8, 4) is 11.4 Å². The highest BCUT2D eigenvalue weighted by Gasteiger charge is 2.11. The zero-order chi connectivity index (χ0) is 13.8. The minimum absolute atomic E-state index is 0.458. The zero-order valence-corrected chi connectivity index (χ0v) is 12.9. The summed E-state index contributed by atoms with van der Waals surface area (Å²) in [4.78, 5) is 4.38. The van der Waals surface area contributed by atoms with Gasteiger partial charge in [-0.3, -0.25) is 0 Å². The maximum Gasteiger partial charge on any atom is 0.226 e. The zero-order valence-electron chi connectivity index (χ0n) is 10.6. The van der Waals surface area contributed by atoms with E-state index >= 15 is 0 Å². The Hall–Kier alpha value is -0.910. The highest BCUT2D eigenvalue weighted by molar-refractivity contribution is 9.10. The van der Waals surface area contributed by atoms with Gasteiger partial charge in [-0.15, -0.1) is 0 Å². The molecule has 0 aliphatic heterocycles. The smallest absolute Gasteiger partial charge is 0.226 e. The average Bonchev–Trinajstić information content (AvgIpc) is 2.88. The number of nitrogens with two attached hydrogens (primary N) is 1. The molecule has 102 valence electrons. The summed E-state index contributed by atoms with van der Waals surface area (Å²) in [6.07, 6.45) is 1.70. The maximum atomic E-state index is 5.95. The van der Waals surface area contributed by atoms with E-state index in [2.05, 4.69) is 33.0 Å². The van der Waals surface area contributed by atoms with Gasteiger partial charge in [0.05, 0.1) is 5.02 Å². The fraction of sp³-hybridized carbons (Fsp3) is 0.385. The maximum absolute atomic E-state index is 5.95. The molecule has 1 heterocycles. The number of benzene rings is 1. The van der Waals surface area contributed by atoms with Crippen molar-refractivity contribution in [2.45, 2.75) is 19.8 Å². The number of hydrogen-bond acceptors (Lipinski definition) is 4. The summed E-state index contributed by atoms with van der Waals surface area (Å²) >= 11 is 9.33. The third-order valence-electron chi connectivity index (χ3n) is 2.90. The first-order valence-electron chi connectivity index (χ1n) is 6.08. The van der Waals surface area contributed by atoms with Crippen LogP contribution in [0, 0.1) is 5.92 Å². The Kier molecular flexibility index (Phi) is 4.96. The summed E-state index contributed by atoms with van der Waals surface area (Å²) in [6.45, 7) is 2.78. The van der Waals surface area contributed by atoms with Gasteiger partial charge in [-0.25, -0.2) is 0 Å². The summed E-state index contributed by atoms with van der Waals surface area (Å²) < 4.78 is 6.05. The van der Waals surface area contributed by atoms with Crippen LogP contribution in [0.25, 0.3) is 11.4 Å². The van der Waals surface area contributed by atoms with E-state index in [9.17, 15) is 0 Å². The minimum atomic E-state index is 0.458. The predicted octanol–water partition coefficient (Wildman–Crippen LogP) is 3.68. The van der Waals surface area contributed by atoms with Gasteiger partial charge in [-0.05, 0) is 53.0 Å². The molecule has 2 N–H and O–H groups in total. The van der Waals surface area contributed by atoms with Gasteiger partial charge in [0, 0.05) is 16.5 Å². The number of hydrogen-bond donors (Lipinski definition) is 1. The number of aryl methyl sites for hydroxylation is 1. The lowest BCUT2D eigenvalue weighted by Crippen LogP contribution is -2.11. The fourth-order valence-electron chi connectivity index (χ4n) is 1.60. The van der Waals surface area contributed by atoms with Crippen LogP contribution in [0.4, 0.5) is 0 Å². The molecule has 0 spiro atoms. The highest BCUT2D eigenvalue weighted by Crippen LogP contribution is 2.27. The standard InChI is InChI=1S/C13H15BrClN3O/c1-8(7-16)2-5-12-17-13(18-19-12)9-3-4-11(15)10(14)6-9/h3-4,6,8H,2,5,7,16H2,1H3. The largest absolute Gasteiger partial charge is 0.339 e. The van der Waals surface area contributed by atoms with Crippen LogP contribution < -0.4 is 5.73 Å². The lowest BCUT2D eigenvalue weighted by molar-refractivity contribution is 0.366. The highest BCUT2D eigenvalue weighted by atomic mass is 79.9. The summed E-state index contributed by atoms with van der Waals surface area (Å²) in [6, 6.07) is 5.54. The molecular formula is C13H15BrClN3O. The predicted molar refractivity (Wildman–Crippen MR) is 79.0 cm³/mol. The van der Waals surface area contributed by atoms with Crippen LogP contribution in [0.3, 0.4) is 0 Å². The van der Waals surface area contributed by atoms with E-state index in [1.165, 1.54) is 0 Å². The first kappa shape index (κ1) is 14.5. The van der Waals surface area contributed by atoms with E-state index in [-0.39, 0.29) is 0 Å². The molecule has 0 amide bonds. The Morgan fingerprint density at radius 1 is 1.47 bits per heavy atom. The van der Waals surface area contributed by atoms with Crippen LogP contribution in [-0.4, -0.2) is 16.7 Å². The molecule has 2 rings (SSSR count). The van der Waals surface area contributed by atoms with Crippen LogP contribution in [0.15, 0.2) is 27.2 Å². The van der Waals surface area contributed by atoms with Crippen LogP contribution >= 0.6 is 27.5 Å². The van der Waals surface area contributed by atoms with Gasteiger partial charge in [-0.1, -0.05) is 23.7 Å². The normalized spacial score (nSPS) is 12.6. The van der Waals surface area contributed by atoms with Crippen molar-refractivity contribution in [3.63, 3.8) is 0 Å². The van der Waals surface area contributed by atoms with Crippen LogP contribution in [-0.2, 0) is 6.42 Å². The average molecular weight is 345 g/mol. The molecular weight excluding hydrogens is 330 g/mol. The van der Waals surface area contributed by atoms with E-state index in [4.69, 9.17) is 21.9 Å². The number of nitrogens with zero attached hydrogens (tertiary/aromatic N) is 2. The van der Waals surface area contributed by atoms with Gasteiger partial charge in [0.1, 0.15) is 0 Å². The van der Waals surface area contributed by atoms with Crippen molar-refractivity contribution in [3.05, 3.63) is 33.6 Å². The van der Waals surface area contributed by atoms with E-state index < -0.39 is 0 Å². The van der Waals surface area contributed by atoms with Crippen LogP contribution in [0.5, 0.6) is 0 Å². The SMILES string of the molecule is CC(CN)CCc1nc(-c2ccc(Cl)c(Br)c2)no1. The third-order valence-corrected chi connectivity index (χ3v) is 4.11. The molecule has 2 aromatic rings. The van der Waals surface area contributed by atoms with E-state index in [1.54, 1.807) is 6.07 Å². The quantitative estimate of drug-likeness (QED) is 0.898. The van der Waals surface area contributed by atoms with E-state index in [0.29, 0.717) is 29.2 Å². The van der Waals surface area contributed by atoms with E-state index in [1.807, 2.05) is 12.1 Å². The van der Waals surface area contributed by atoms with Crippen LogP contribution in [0.1, 0.15) is 19.2 Å². The molecule has 1 atom stereocenters. The summed E-state index contributed by atoms with van der Waals surface area (Å²) in [7, 11) is 0. The van der Waals surface area contributed by atoms with Gasteiger partial charge in [-0.2, -0.15) is 4.98 Å². The molecule has 1 aromatic heterocycles. The number of aromatic nitrogens is 2. The van der Waals surface area contributed by atoms with Crippen LogP contribution in [0.2, 0.25) is 5.02 Å². The van der Waals surface area contributed by atoms with Gasteiger partial charge in [0.2, 0.25) is 11.7 Å². The van der Waals surface area contributed by atoms with Gasteiger partial charge >= 0.3 is 0 Å². The van der Waals surface area contributed by atoms with Crippen molar-refractivity contribution in [2.75, 3.05) is 6.54 Å². The fourth-order valence-corrected chi connectivity index (χ4v) is 2.09. The molecule has 0 saturated heterocycles. The summed E-state index contributed by atoms with van der Waals surface area (Å²) in [5, 5.41) is 4.64. The van der Waals surface area contributed by atoms with E-state index in [0.717, 1.165) is 22.9 Å². The molecule has 1 aromatic carbocycles. The third kappa shape index (κ3) is 3.78. The molecule has 0 aliphatic carbocycles. The van der Waals surface area contributed by atoms with Crippen molar-refractivity contribution in [2.24, 2.45) is 11.7 Å². The van der Waals surface area contributed by atoms with Gasteiger partial charge in [0.15, 0.2) is 0 Å². The number of halogens is 2. The Morgan fingerprint density at radius 2 is 2.26 bits per heavy atom. The van der Waals surface area contributed by atoms with Gasteiger partial charge in [0.25, 0.3) is 0 Å².